The molecule has 0 amide bonds. The number of carboxylic acids is 1. The lowest BCUT2D eigenvalue weighted by Gasteiger charge is -2.04. The van der Waals surface area contributed by atoms with E-state index in [-0.39, 0.29) is 5.56 Å². The summed E-state index contributed by atoms with van der Waals surface area (Å²) < 4.78 is 25.6. The molecule has 1 heterocycles. The number of benzene rings is 1. The molecule has 0 atom stereocenters. The molecule has 1 aromatic carbocycles. The lowest BCUT2D eigenvalue weighted by atomic mass is 10.3. The minimum Gasteiger partial charge on any atom is -0.478 e. The van der Waals surface area contributed by atoms with Crippen LogP contribution >= 0.6 is 11.3 Å². The van der Waals surface area contributed by atoms with Crippen molar-refractivity contribution in [2.45, 2.75) is 6.54 Å². The van der Waals surface area contributed by atoms with Crippen molar-refractivity contribution in [1.82, 2.24) is 0 Å². The van der Waals surface area contributed by atoms with Crippen LogP contribution in [0.25, 0.3) is 0 Å². The van der Waals surface area contributed by atoms with Gasteiger partial charge in [0.15, 0.2) is 11.6 Å². The molecule has 0 unspecified atom stereocenters. The van der Waals surface area contributed by atoms with E-state index in [1.165, 1.54) is 22.8 Å². The molecule has 0 radical (unpaired) electrons. The number of hydrogen-bond acceptors (Lipinski definition) is 3. The zero-order chi connectivity index (χ0) is 13.1. The number of rotatable bonds is 4. The van der Waals surface area contributed by atoms with Crippen LogP contribution in [0.3, 0.4) is 0 Å². The molecule has 0 aliphatic rings. The molecule has 2 rings (SSSR count). The van der Waals surface area contributed by atoms with E-state index < -0.39 is 17.6 Å². The highest BCUT2D eigenvalue weighted by molar-refractivity contribution is 7.10. The number of anilines is 1. The second-order valence-corrected chi connectivity index (χ2v) is 4.59. The summed E-state index contributed by atoms with van der Waals surface area (Å²) in [4.78, 5) is 11.5. The van der Waals surface area contributed by atoms with Crippen LogP contribution in [0.1, 0.15) is 15.2 Å². The first-order chi connectivity index (χ1) is 8.56. The van der Waals surface area contributed by atoms with Crippen LogP contribution in [0, 0.1) is 11.6 Å². The van der Waals surface area contributed by atoms with E-state index in [1.807, 2.05) is 0 Å². The number of nitrogens with one attached hydrogen (secondary N) is 1. The Morgan fingerprint density at radius 2 is 2.06 bits per heavy atom. The summed E-state index contributed by atoms with van der Waals surface area (Å²) in [6.45, 7) is 0.364. The Bertz CT molecular complexity index is 583. The second-order valence-electron chi connectivity index (χ2n) is 3.59. The van der Waals surface area contributed by atoms with Gasteiger partial charge in [-0.3, -0.25) is 0 Å². The van der Waals surface area contributed by atoms with Gasteiger partial charge < -0.3 is 10.4 Å². The molecule has 6 heteroatoms. The van der Waals surface area contributed by atoms with Crippen LogP contribution < -0.4 is 5.32 Å². The molecular formula is C12H9F2NO2S. The Hall–Kier alpha value is -1.95. The van der Waals surface area contributed by atoms with Crippen LogP contribution in [-0.4, -0.2) is 11.1 Å². The molecule has 0 fully saturated rings. The molecule has 0 saturated carbocycles. The number of carbonyl (C=O) groups is 1. The van der Waals surface area contributed by atoms with Gasteiger partial charge in [-0.2, -0.15) is 0 Å². The first kappa shape index (κ1) is 12.5. The van der Waals surface area contributed by atoms with E-state index in [0.717, 1.165) is 17.0 Å². The Labute approximate surface area is 106 Å². The zero-order valence-electron chi connectivity index (χ0n) is 9.11. The van der Waals surface area contributed by atoms with Gasteiger partial charge in [-0.05, 0) is 18.2 Å². The SMILES string of the molecule is O=C(O)c1csc(CNc2ccc(F)c(F)c2)c1. The minimum absolute atomic E-state index is 0.224. The van der Waals surface area contributed by atoms with Crippen LogP contribution in [0.2, 0.25) is 0 Å². The van der Waals surface area contributed by atoms with Crippen molar-refractivity contribution in [2.75, 3.05) is 5.32 Å². The maximum absolute atomic E-state index is 12.9. The normalized spacial score (nSPS) is 10.3. The smallest absolute Gasteiger partial charge is 0.336 e. The summed E-state index contributed by atoms with van der Waals surface area (Å²) in [6.07, 6.45) is 0. The minimum atomic E-state index is -0.981. The first-order valence-corrected chi connectivity index (χ1v) is 5.94. The van der Waals surface area contributed by atoms with Crippen LogP contribution in [0.4, 0.5) is 14.5 Å². The molecule has 0 aliphatic carbocycles. The van der Waals surface area contributed by atoms with Gasteiger partial charge in [0.05, 0.1) is 5.56 Å². The molecular weight excluding hydrogens is 260 g/mol. The van der Waals surface area contributed by atoms with E-state index in [4.69, 9.17) is 5.11 Å². The van der Waals surface area contributed by atoms with E-state index >= 15 is 0 Å². The number of hydrogen-bond donors (Lipinski definition) is 2. The summed E-state index contributed by atoms with van der Waals surface area (Å²) in [5.41, 5.74) is 0.668. The summed E-state index contributed by atoms with van der Waals surface area (Å²) in [5, 5.41) is 13.2. The first-order valence-electron chi connectivity index (χ1n) is 5.06. The average molecular weight is 269 g/mol. The van der Waals surface area contributed by atoms with Gasteiger partial charge in [0, 0.05) is 28.6 Å². The quantitative estimate of drug-likeness (QED) is 0.895. The van der Waals surface area contributed by atoms with Crippen molar-refractivity contribution in [3.8, 4) is 0 Å². The van der Waals surface area contributed by atoms with Crippen molar-refractivity contribution in [3.63, 3.8) is 0 Å². The zero-order valence-corrected chi connectivity index (χ0v) is 9.93. The molecule has 94 valence electrons. The summed E-state index contributed by atoms with van der Waals surface area (Å²) in [7, 11) is 0. The predicted octanol–water partition coefficient (Wildman–Crippen LogP) is 3.34. The highest BCUT2D eigenvalue weighted by Gasteiger charge is 2.07. The van der Waals surface area contributed by atoms with Gasteiger partial charge in [0.25, 0.3) is 0 Å². The third-order valence-electron chi connectivity index (χ3n) is 2.29. The fourth-order valence-corrected chi connectivity index (χ4v) is 2.18. The maximum Gasteiger partial charge on any atom is 0.336 e. The fraction of sp³-hybridized carbons (Fsp3) is 0.0833. The molecule has 0 saturated heterocycles. The molecule has 2 aromatic rings. The van der Waals surface area contributed by atoms with Gasteiger partial charge >= 0.3 is 5.97 Å². The van der Waals surface area contributed by atoms with Gasteiger partial charge in [-0.1, -0.05) is 0 Å². The predicted molar refractivity (Wildman–Crippen MR) is 65.0 cm³/mol. The number of aromatic carboxylic acids is 1. The number of halogens is 2. The standard InChI is InChI=1S/C12H9F2NO2S/c13-10-2-1-8(4-11(10)14)15-5-9-3-7(6-18-9)12(16)17/h1-4,6,15H,5H2,(H,16,17). The Morgan fingerprint density at radius 3 is 2.67 bits per heavy atom. The Balaban J connectivity index is 2.02. The lowest BCUT2D eigenvalue weighted by Crippen LogP contribution is -1.99. The third kappa shape index (κ3) is 2.84. The average Bonchev–Trinajstić information content (AvgIpc) is 2.79. The van der Waals surface area contributed by atoms with E-state index in [1.54, 1.807) is 6.07 Å². The fourth-order valence-electron chi connectivity index (χ4n) is 1.38. The number of carboxylic acid groups (broad SMARTS) is 1. The monoisotopic (exact) mass is 269 g/mol. The van der Waals surface area contributed by atoms with Crippen LogP contribution in [-0.2, 0) is 6.54 Å². The molecule has 3 nitrogen and oxygen atoms in total. The van der Waals surface area contributed by atoms with Gasteiger partial charge in [0.2, 0.25) is 0 Å². The van der Waals surface area contributed by atoms with Crippen molar-refractivity contribution in [2.24, 2.45) is 0 Å². The van der Waals surface area contributed by atoms with Crippen LogP contribution in [0.5, 0.6) is 0 Å². The largest absolute Gasteiger partial charge is 0.478 e. The molecule has 2 N–H and O–H groups in total. The van der Waals surface area contributed by atoms with Gasteiger partial charge in [-0.25, -0.2) is 13.6 Å². The third-order valence-corrected chi connectivity index (χ3v) is 3.22. The summed E-state index contributed by atoms with van der Waals surface area (Å²) >= 11 is 1.29. The maximum atomic E-state index is 12.9. The molecule has 18 heavy (non-hydrogen) atoms. The van der Waals surface area contributed by atoms with Crippen molar-refractivity contribution >= 4 is 23.0 Å². The van der Waals surface area contributed by atoms with E-state index in [0.29, 0.717) is 12.2 Å². The van der Waals surface area contributed by atoms with Gasteiger partial charge in [0.1, 0.15) is 0 Å². The molecule has 0 aliphatic heterocycles. The number of thiophene rings is 1. The highest BCUT2D eigenvalue weighted by atomic mass is 32.1. The Morgan fingerprint density at radius 1 is 1.28 bits per heavy atom. The molecule has 0 spiro atoms. The van der Waals surface area contributed by atoms with E-state index in [9.17, 15) is 13.6 Å². The van der Waals surface area contributed by atoms with Crippen molar-refractivity contribution < 1.29 is 18.7 Å². The topological polar surface area (TPSA) is 49.3 Å². The molecule has 0 bridgehead atoms. The molecule has 1 aromatic heterocycles. The van der Waals surface area contributed by atoms with Crippen LogP contribution in [0.15, 0.2) is 29.6 Å². The van der Waals surface area contributed by atoms with Gasteiger partial charge in [-0.15, -0.1) is 11.3 Å². The van der Waals surface area contributed by atoms with Crippen molar-refractivity contribution in [1.29, 1.82) is 0 Å². The van der Waals surface area contributed by atoms with Crippen molar-refractivity contribution in [3.05, 3.63) is 51.7 Å². The Kier molecular flexibility index (Phi) is 3.57. The van der Waals surface area contributed by atoms with E-state index in [2.05, 4.69) is 5.32 Å². The highest BCUT2D eigenvalue weighted by Crippen LogP contribution is 2.18. The summed E-state index contributed by atoms with van der Waals surface area (Å²) in [5.74, 6) is -2.80. The summed E-state index contributed by atoms with van der Waals surface area (Å²) in [6, 6.07) is 5.06. The second kappa shape index (κ2) is 5.14. The lowest BCUT2D eigenvalue weighted by molar-refractivity contribution is 0.0697.